The van der Waals surface area contributed by atoms with E-state index in [-0.39, 0.29) is 11.7 Å². The molecule has 5 nitrogen and oxygen atoms in total. The number of carboxylic acid groups (broad SMARTS) is 1. The van der Waals surface area contributed by atoms with Gasteiger partial charge in [0.15, 0.2) is 0 Å². The van der Waals surface area contributed by atoms with Gasteiger partial charge in [0.2, 0.25) is 10.0 Å². The minimum absolute atomic E-state index is 0.132. The summed E-state index contributed by atoms with van der Waals surface area (Å²) in [5.74, 6) is -1.58. The van der Waals surface area contributed by atoms with Crippen molar-refractivity contribution in [3.8, 4) is 0 Å². The lowest BCUT2D eigenvalue weighted by molar-refractivity contribution is -0.140. The third kappa shape index (κ3) is 5.54. The van der Waals surface area contributed by atoms with E-state index in [9.17, 15) is 13.2 Å². The summed E-state index contributed by atoms with van der Waals surface area (Å²) >= 11 is 0. The van der Waals surface area contributed by atoms with E-state index in [2.05, 4.69) is 11.3 Å². The Morgan fingerprint density at radius 1 is 1.53 bits per heavy atom. The fourth-order valence-electron chi connectivity index (χ4n) is 0.963. The minimum Gasteiger partial charge on any atom is -0.480 e. The van der Waals surface area contributed by atoms with Crippen LogP contribution in [0.2, 0.25) is 0 Å². The first-order valence-corrected chi connectivity index (χ1v) is 6.29. The summed E-state index contributed by atoms with van der Waals surface area (Å²) in [7, 11) is -3.54. The number of carboxylic acids is 1. The summed E-state index contributed by atoms with van der Waals surface area (Å²) in [5, 5.41) is 8.79. The standard InChI is InChI=1S/C9H17NO4S/c1-4-5-6-15(13,14)10-8(7(2)3)9(11)12/h4,7-8,10H,1,5-6H2,2-3H3,(H,11,12). The number of aliphatic carboxylic acids is 1. The molecule has 0 bridgehead atoms. The lowest BCUT2D eigenvalue weighted by Crippen LogP contribution is -2.45. The van der Waals surface area contributed by atoms with E-state index in [1.807, 2.05) is 0 Å². The zero-order chi connectivity index (χ0) is 12.1. The summed E-state index contributed by atoms with van der Waals surface area (Å²) in [6.45, 7) is 6.70. The van der Waals surface area contributed by atoms with Crippen molar-refractivity contribution in [2.24, 2.45) is 5.92 Å². The highest BCUT2D eigenvalue weighted by Crippen LogP contribution is 2.04. The summed E-state index contributed by atoms with van der Waals surface area (Å²) in [5.41, 5.74) is 0. The van der Waals surface area contributed by atoms with Gasteiger partial charge in [0.1, 0.15) is 6.04 Å². The lowest BCUT2D eigenvalue weighted by atomic mass is 10.1. The topological polar surface area (TPSA) is 83.5 Å². The minimum atomic E-state index is -3.54. The Morgan fingerprint density at radius 3 is 2.40 bits per heavy atom. The van der Waals surface area contributed by atoms with E-state index < -0.39 is 22.0 Å². The molecule has 6 heteroatoms. The van der Waals surface area contributed by atoms with Crippen molar-refractivity contribution in [3.05, 3.63) is 12.7 Å². The number of sulfonamides is 1. The summed E-state index contributed by atoms with van der Waals surface area (Å²) in [6.07, 6.45) is 1.78. The van der Waals surface area contributed by atoms with E-state index >= 15 is 0 Å². The lowest BCUT2D eigenvalue weighted by Gasteiger charge is -2.17. The van der Waals surface area contributed by atoms with Crippen LogP contribution >= 0.6 is 0 Å². The Labute approximate surface area is 90.2 Å². The van der Waals surface area contributed by atoms with Gasteiger partial charge in [-0.15, -0.1) is 6.58 Å². The Morgan fingerprint density at radius 2 is 2.07 bits per heavy atom. The van der Waals surface area contributed by atoms with Gasteiger partial charge in [-0.05, 0) is 12.3 Å². The normalized spacial score (nSPS) is 13.8. The smallest absolute Gasteiger partial charge is 0.321 e. The summed E-state index contributed by atoms with van der Waals surface area (Å²) < 4.78 is 24.9. The second-order valence-corrected chi connectivity index (χ2v) is 5.45. The molecule has 0 saturated carbocycles. The van der Waals surface area contributed by atoms with Crippen molar-refractivity contribution < 1.29 is 18.3 Å². The quantitative estimate of drug-likeness (QED) is 0.633. The van der Waals surface area contributed by atoms with Crippen LogP contribution in [0.1, 0.15) is 20.3 Å². The van der Waals surface area contributed by atoms with E-state index in [1.165, 1.54) is 6.08 Å². The molecular weight excluding hydrogens is 218 g/mol. The third-order valence-corrected chi connectivity index (χ3v) is 3.22. The van der Waals surface area contributed by atoms with Crippen LogP contribution in [0.5, 0.6) is 0 Å². The molecule has 88 valence electrons. The van der Waals surface area contributed by atoms with Gasteiger partial charge in [0, 0.05) is 0 Å². The van der Waals surface area contributed by atoms with Gasteiger partial charge in [0.05, 0.1) is 5.75 Å². The second-order valence-electron chi connectivity index (χ2n) is 3.57. The number of rotatable bonds is 7. The number of nitrogens with one attached hydrogen (secondary N) is 1. The zero-order valence-electron chi connectivity index (χ0n) is 8.93. The molecule has 0 aromatic carbocycles. The Kier molecular flexibility index (Phi) is 5.53. The molecule has 0 radical (unpaired) electrons. The first-order valence-electron chi connectivity index (χ1n) is 4.64. The van der Waals surface area contributed by atoms with Crippen molar-refractivity contribution in [2.45, 2.75) is 26.3 Å². The van der Waals surface area contributed by atoms with Crippen LogP contribution in [0.15, 0.2) is 12.7 Å². The first kappa shape index (κ1) is 14.1. The number of carbonyl (C=O) groups is 1. The van der Waals surface area contributed by atoms with Crippen LogP contribution in [-0.2, 0) is 14.8 Å². The first-order chi connectivity index (χ1) is 6.80. The molecule has 0 saturated heterocycles. The predicted octanol–water partition coefficient (Wildman–Crippen LogP) is 0.591. The molecule has 1 atom stereocenters. The molecule has 0 amide bonds. The van der Waals surface area contributed by atoms with E-state index in [0.717, 1.165) is 0 Å². The number of hydrogen-bond donors (Lipinski definition) is 2. The van der Waals surface area contributed by atoms with Gasteiger partial charge in [-0.1, -0.05) is 19.9 Å². The van der Waals surface area contributed by atoms with Gasteiger partial charge < -0.3 is 5.11 Å². The van der Waals surface area contributed by atoms with Crippen molar-refractivity contribution >= 4 is 16.0 Å². The van der Waals surface area contributed by atoms with Crippen molar-refractivity contribution in [1.82, 2.24) is 4.72 Å². The second kappa shape index (κ2) is 5.87. The highest BCUT2D eigenvalue weighted by atomic mass is 32.2. The van der Waals surface area contributed by atoms with Crippen molar-refractivity contribution in [1.29, 1.82) is 0 Å². The highest BCUT2D eigenvalue weighted by Gasteiger charge is 2.26. The van der Waals surface area contributed by atoms with Crippen LogP contribution in [0, 0.1) is 5.92 Å². The van der Waals surface area contributed by atoms with E-state index in [1.54, 1.807) is 13.8 Å². The van der Waals surface area contributed by atoms with Crippen molar-refractivity contribution in [2.75, 3.05) is 5.75 Å². The van der Waals surface area contributed by atoms with E-state index in [4.69, 9.17) is 5.11 Å². The average molecular weight is 235 g/mol. The monoisotopic (exact) mass is 235 g/mol. The molecule has 0 aliphatic rings. The molecule has 0 spiro atoms. The molecule has 0 rings (SSSR count). The van der Waals surface area contributed by atoms with E-state index in [0.29, 0.717) is 6.42 Å². The largest absolute Gasteiger partial charge is 0.480 e. The molecular formula is C9H17NO4S. The van der Waals surface area contributed by atoms with Crippen molar-refractivity contribution in [3.63, 3.8) is 0 Å². The molecule has 0 heterocycles. The fourth-order valence-corrected chi connectivity index (χ4v) is 2.32. The van der Waals surface area contributed by atoms with Crippen LogP contribution in [-0.4, -0.2) is 31.3 Å². The average Bonchev–Trinajstić information content (AvgIpc) is 2.10. The van der Waals surface area contributed by atoms with Crippen LogP contribution in [0.25, 0.3) is 0 Å². The molecule has 0 aromatic heterocycles. The summed E-state index contributed by atoms with van der Waals surface area (Å²) in [6, 6.07) is -1.07. The SMILES string of the molecule is C=CCCS(=O)(=O)NC(C(=O)O)C(C)C. The molecule has 15 heavy (non-hydrogen) atoms. The molecule has 0 aliphatic carbocycles. The molecule has 0 fully saturated rings. The van der Waals surface area contributed by atoms with Gasteiger partial charge in [-0.25, -0.2) is 13.1 Å². The predicted molar refractivity (Wildman–Crippen MR) is 58.0 cm³/mol. The van der Waals surface area contributed by atoms with Crippen LogP contribution < -0.4 is 4.72 Å². The highest BCUT2D eigenvalue weighted by molar-refractivity contribution is 7.89. The number of allylic oxidation sites excluding steroid dienone is 1. The fraction of sp³-hybridized carbons (Fsp3) is 0.667. The Hall–Kier alpha value is -0.880. The van der Waals surface area contributed by atoms with Gasteiger partial charge in [0.25, 0.3) is 0 Å². The number of hydrogen-bond acceptors (Lipinski definition) is 3. The van der Waals surface area contributed by atoms with Gasteiger partial charge in [-0.2, -0.15) is 0 Å². The molecule has 0 aliphatic heterocycles. The van der Waals surface area contributed by atoms with Gasteiger partial charge in [-0.3, -0.25) is 4.79 Å². The maximum atomic E-state index is 11.4. The van der Waals surface area contributed by atoms with Crippen LogP contribution in [0.4, 0.5) is 0 Å². The Balaban J connectivity index is 4.53. The van der Waals surface area contributed by atoms with Crippen LogP contribution in [0.3, 0.4) is 0 Å². The summed E-state index contributed by atoms with van der Waals surface area (Å²) in [4.78, 5) is 10.7. The maximum absolute atomic E-state index is 11.4. The Bertz CT molecular complexity index is 321. The zero-order valence-corrected chi connectivity index (χ0v) is 9.75. The van der Waals surface area contributed by atoms with Gasteiger partial charge >= 0.3 is 5.97 Å². The third-order valence-electron chi connectivity index (χ3n) is 1.83. The molecule has 0 aromatic rings. The maximum Gasteiger partial charge on any atom is 0.321 e. The molecule has 1 unspecified atom stereocenters. The molecule has 2 N–H and O–H groups in total.